The quantitative estimate of drug-likeness (QED) is 0.857. The Kier molecular flexibility index (Phi) is 3.57. The highest BCUT2D eigenvalue weighted by Crippen LogP contribution is 2.28. The molecule has 4 heteroatoms. The van der Waals surface area contributed by atoms with Gasteiger partial charge in [-0.25, -0.2) is 4.98 Å². The number of thioether (sulfide) groups is 1. The van der Waals surface area contributed by atoms with E-state index in [1.54, 1.807) is 0 Å². The van der Waals surface area contributed by atoms with E-state index in [2.05, 4.69) is 16.6 Å². The Hall–Kier alpha value is -0.640. The maximum atomic E-state index is 4.30. The molecule has 0 atom stereocenters. The number of nitrogens with one attached hydrogen (secondary N) is 1. The molecule has 1 aromatic heterocycles. The number of nitrogens with zero attached hydrogens (tertiary/aromatic N) is 2. The van der Waals surface area contributed by atoms with E-state index in [-0.39, 0.29) is 0 Å². The topological polar surface area (TPSA) is 29.9 Å². The molecule has 0 unspecified atom stereocenters. The first kappa shape index (κ1) is 10.9. The summed E-state index contributed by atoms with van der Waals surface area (Å²) in [4.78, 5) is 4.30. The van der Waals surface area contributed by atoms with Gasteiger partial charge >= 0.3 is 0 Å². The highest BCUT2D eigenvalue weighted by Gasteiger charge is 2.20. The van der Waals surface area contributed by atoms with Crippen molar-refractivity contribution in [2.24, 2.45) is 7.05 Å². The van der Waals surface area contributed by atoms with Crippen molar-refractivity contribution < 1.29 is 0 Å². The van der Waals surface area contributed by atoms with Gasteiger partial charge in [0.1, 0.15) is 0 Å². The molecule has 1 saturated carbocycles. The maximum absolute atomic E-state index is 4.30. The van der Waals surface area contributed by atoms with E-state index >= 15 is 0 Å². The lowest BCUT2D eigenvalue weighted by Gasteiger charge is -2.28. The lowest BCUT2D eigenvalue weighted by atomic mass is 9.95. The normalized spacial score (nSPS) is 26.5. The van der Waals surface area contributed by atoms with Gasteiger partial charge in [0.05, 0.1) is 0 Å². The fraction of sp³-hybridized carbons (Fsp3) is 0.727. The second-order valence-corrected chi connectivity index (χ2v) is 5.35. The van der Waals surface area contributed by atoms with Crippen LogP contribution in [0.15, 0.2) is 12.4 Å². The molecule has 0 saturated heterocycles. The van der Waals surface area contributed by atoms with E-state index < -0.39 is 0 Å². The number of anilines is 1. The van der Waals surface area contributed by atoms with E-state index in [1.165, 1.54) is 25.7 Å². The molecule has 0 radical (unpaired) electrons. The smallest absolute Gasteiger partial charge is 0.202 e. The van der Waals surface area contributed by atoms with E-state index in [9.17, 15) is 0 Å². The van der Waals surface area contributed by atoms with Gasteiger partial charge in [0.2, 0.25) is 5.95 Å². The minimum Gasteiger partial charge on any atom is -0.353 e. The average molecular weight is 225 g/mol. The van der Waals surface area contributed by atoms with Crippen molar-refractivity contribution in [2.45, 2.75) is 37.0 Å². The van der Waals surface area contributed by atoms with Crippen LogP contribution in [0.3, 0.4) is 0 Å². The molecule has 84 valence electrons. The molecule has 15 heavy (non-hydrogen) atoms. The number of rotatable bonds is 3. The van der Waals surface area contributed by atoms with Gasteiger partial charge in [-0.05, 0) is 31.9 Å². The highest BCUT2D eigenvalue weighted by atomic mass is 32.2. The van der Waals surface area contributed by atoms with Crippen molar-refractivity contribution in [3.8, 4) is 0 Å². The van der Waals surface area contributed by atoms with Gasteiger partial charge in [-0.15, -0.1) is 0 Å². The van der Waals surface area contributed by atoms with Gasteiger partial charge in [0.15, 0.2) is 0 Å². The molecule has 1 aliphatic carbocycles. The van der Waals surface area contributed by atoms with Crippen molar-refractivity contribution in [3.05, 3.63) is 12.4 Å². The molecule has 0 bridgehead atoms. The summed E-state index contributed by atoms with van der Waals surface area (Å²) >= 11 is 2.01. The third kappa shape index (κ3) is 2.68. The van der Waals surface area contributed by atoms with Crippen molar-refractivity contribution in [1.29, 1.82) is 0 Å². The Morgan fingerprint density at radius 1 is 1.40 bits per heavy atom. The summed E-state index contributed by atoms with van der Waals surface area (Å²) in [6.07, 6.45) is 11.3. The number of hydrogen-bond acceptors (Lipinski definition) is 3. The summed E-state index contributed by atoms with van der Waals surface area (Å²) in [5, 5.41) is 4.40. The zero-order valence-electron chi connectivity index (χ0n) is 9.44. The van der Waals surface area contributed by atoms with Gasteiger partial charge in [-0.3, -0.25) is 0 Å². The first-order valence-electron chi connectivity index (χ1n) is 5.56. The Morgan fingerprint density at radius 2 is 2.13 bits per heavy atom. The van der Waals surface area contributed by atoms with Gasteiger partial charge in [-0.2, -0.15) is 11.8 Å². The monoisotopic (exact) mass is 225 g/mol. The lowest BCUT2D eigenvalue weighted by Crippen LogP contribution is -2.28. The van der Waals surface area contributed by atoms with E-state index in [0.29, 0.717) is 6.04 Å². The van der Waals surface area contributed by atoms with Crippen LogP contribution in [-0.2, 0) is 7.05 Å². The number of imidazole rings is 1. The Morgan fingerprint density at radius 3 is 2.67 bits per heavy atom. The van der Waals surface area contributed by atoms with Gasteiger partial charge in [0.25, 0.3) is 0 Å². The van der Waals surface area contributed by atoms with Crippen LogP contribution in [-0.4, -0.2) is 27.1 Å². The third-order valence-corrected chi connectivity index (χ3v) is 4.30. The first-order valence-corrected chi connectivity index (χ1v) is 6.85. The molecule has 1 N–H and O–H groups in total. The summed E-state index contributed by atoms with van der Waals surface area (Å²) < 4.78 is 2.04. The SMILES string of the molecule is CSC1CCC(Nc2nccn2C)CC1. The summed E-state index contributed by atoms with van der Waals surface area (Å²) in [5.41, 5.74) is 0. The zero-order valence-corrected chi connectivity index (χ0v) is 10.3. The van der Waals surface area contributed by atoms with E-state index in [1.807, 2.05) is 35.8 Å². The zero-order chi connectivity index (χ0) is 10.7. The van der Waals surface area contributed by atoms with Crippen molar-refractivity contribution in [2.75, 3.05) is 11.6 Å². The standard InChI is InChI=1S/C11H19N3S/c1-14-8-7-12-11(14)13-9-3-5-10(15-2)6-4-9/h7-10H,3-6H2,1-2H3,(H,12,13). The number of aromatic nitrogens is 2. The van der Waals surface area contributed by atoms with Gasteiger partial charge in [0, 0.05) is 30.7 Å². The van der Waals surface area contributed by atoms with Crippen molar-refractivity contribution >= 4 is 17.7 Å². The summed E-state index contributed by atoms with van der Waals surface area (Å²) in [5.74, 6) is 1.00. The Labute approximate surface area is 95.7 Å². The molecule has 0 aromatic carbocycles. The molecule has 0 amide bonds. The fourth-order valence-corrected chi connectivity index (χ4v) is 2.87. The van der Waals surface area contributed by atoms with Crippen LogP contribution >= 0.6 is 11.8 Å². The lowest BCUT2D eigenvalue weighted by molar-refractivity contribution is 0.470. The van der Waals surface area contributed by atoms with Crippen LogP contribution in [0.4, 0.5) is 5.95 Å². The van der Waals surface area contributed by atoms with Crippen LogP contribution in [0.2, 0.25) is 0 Å². The van der Waals surface area contributed by atoms with Crippen molar-refractivity contribution in [3.63, 3.8) is 0 Å². The highest BCUT2D eigenvalue weighted by molar-refractivity contribution is 7.99. The van der Waals surface area contributed by atoms with Crippen LogP contribution in [0.1, 0.15) is 25.7 Å². The molecule has 0 aliphatic heterocycles. The minimum absolute atomic E-state index is 0.620. The van der Waals surface area contributed by atoms with Gasteiger partial charge in [-0.1, -0.05) is 0 Å². The molecule has 3 nitrogen and oxygen atoms in total. The molecule has 1 aromatic rings. The van der Waals surface area contributed by atoms with E-state index in [4.69, 9.17) is 0 Å². The van der Waals surface area contributed by atoms with Crippen LogP contribution in [0.25, 0.3) is 0 Å². The predicted octanol–water partition coefficient (Wildman–Crippen LogP) is 2.51. The molecule has 2 rings (SSSR count). The largest absolute Gasteiger partial charge is 0.353 e. The fourth-order valence-electron chi connectivity index (χ4n) is 2.13. The molecular weight excluding hydrogens is 206 g/mol. The Bertz CT molecular complexity index is 303. The molecule has 0 spiro atoms. The molecule has 1 heterocycles. The second-order valence-electron chi connectivity index (χ2n) is 4.22. The van der Waals surface area contributed by atoms with Crippen LogP contribution in [0, 0.1) is 0 Å². The summed E-state index contributed by atoms with van der Waals surface area (Å²) in [7, 11) is 2.03. The minimum atomic E-state index is 0.620. The first-order chi connectivity index (χ1) is 7.29. The summed E-state index contributed by atoms with van der Waals surface area (Å²) in [6.45, 7) is 0. The maximum Gasteiger partial charge on any atom is 0.202 e. The molecule has 1 fully saturated rings. The van der Waals surface area contributed by atoms with E-state index in [0.717, 1.165) is 11.2 Å². The molecular formula is C11H19N3S. The number of hydrogen-bond donors (Lipinski definition) is 1. The number of aryl methyl sites for hydroxylation is 1. The second kappa shape index (κ2) is 4.92. The van der Waals surface area contributed by atoms with Gasteiger partial charge < -0.3 is 9.88 Å². The third-order valence-electron chi connectivity index (χ3n) is 3.16. The molecule has 1 aliphatic rings. The predicted molar refractivity (Wildman–Crippen MR) is 66.4 cm³/mol. The summed E-state index contributed by atoms with van der Waals surface area (Å²) in [6, 6.07) is 0.620. The van der Waals surface area contributed by atoms with Crippen molar-refractivity contribution in [1.82, 2.24) is 9.55 Å². The Balaban J connectivity index is 1.85. The average Bonchev–Trinajstić information content (AvgIpc) is 2.66. The van der Waals surface area contributed by atoms with Crippen LogP contribution < -0.4 is 5.32 Å². The van der Waals surface area contributed by atoms with Crippen LogP contribution in [0.5, 0.6) is 0 Å².